The monoisotopic (exact) mass is 575 g/mol. The molecule has 0 aliphatic carbocycles. The van der Waals surface area contributed by atoms with E-state index in [1.165, 1.54) is 11.8 Å². The number of piperazine rings is 1. The largest absolute Gasteiger partial charge is 0.462 e. The highest BCUT2D eigenvalue weighted by Crippen LogP contribution is 2.34. The smallest absolute Gasteiger partial charge is 0.338 e. The van der Waals surface area contributed by atoms with Crippen molar-refractivity contribution in [2.75, 3.05) is 45.9 Å². The Hall–Kier alpha value is -3.24. The lowest BCUT2D eigenvalue weighted by molar-refractivity contribution is -0.122. The van der Waals surface area contributed by atoms with Crippen molar-refractivity contribution in [2.45, 2.75) is 19.9 Å². The predicted octanol–water partition coefficient (Wildman–Crippen LogP) is 5.53. The molecular formula is C31H33N3O4S2. The van der Waals surface area contributed by atoms with Gasteiger partial charge in [0.2, 0.25) is 0 Å². The number of hydrogen-bond donors (Lipinski definition) is 0. The summed E-state index contributed by atoms with van der Waals surface area (Å²) in [4.78, 5) is 32.5. The fraction of sp³-hybridized carbons (Fsp3) is 0.323. The highest BCUT2D eigenvalue weighted by Gasteiger charge is 2.32. The average Bonchev–Trinajstić information content (AvgIpc) is 3.56. The summed E-state index contributed by atoms with van der Waals surface area (Å²) in [5.41, 5.74) is 2.36. The van der Waals surface area contributed by atoms with Crippen LogP contribution in [0.5, 0.6) is 0 Å². The molecule has 208 valence electrons. The van der Waals surface area contributed by atoms with Crippen LogP contribution in [0.1, 0.15) is 35.0 Å². The maximum Gasteiger partial charge on any atom is 0.338 e. The summed E-state index contributed by atoms with van der Waals surface area (Å²) < 4.78 is 12.0. The third kappa shape index (κ3) is 7.09. The molecule has 0 spiro atoms. The van der Waals surface area contributed by atoms with Gasteiger partial charge in [0.05, 0.1) is 23.6 Å². The van der Waals surface area contributed by atoms with Gasteiger partial charge in [0.15, 0.2) is 0 Å². The van der Waals surface area contributed by atoms with Gasteiger partial charge in [-0.25, -0.2) is 4.79 Å². The number of rotatable bonds is 10. The van der Waals surface area contributed by atoms with Gasteiger partial charge in [0, 0.05) is 44.4 Å². The zero-order chi connectivity index (χ0) is 27.9. The van der Waals surface area contributed by atoms with E-state index in [0.29, 0.717) is 39.5 Å². The Kier molecular flexibility index (Phi) is 9.49. The van der Waals surface area contributed by atoms with Gasteiger partial charge >= 0.3 is 5.97 Å². The van der Waals surface area contributed by atoms with Crippen LogP contribution in [0.4, 0.5) is 0 Å². The summed E-state index contributed by atoms with van der Waals surface area (Å²) in [6.45, 7) is 9.46. The van der Waals surface area contributed by atoms with E-state index >= 15 is 0 Å². The van der Waals surface area contributed by atoms with Crippen LogP contribution in [0, 0.1) is 0 Å². The average molecular weight is 576 g/mol. The molecule has 1 amide bonds. The first-order chi connectivity index (χ1) is 19.5. The molecule has 2 aliphatic rings. The van der Waals surface area contributed by atoms with Gasteiger partial charge in [-0.1, -0.05) is 73.4 Å². The van der Waals surface area contributed by atoms with Gasteiger partial charge in [-0.15, -0.1) is 0 Å². The Balaban J connectivity index is 1.12. The van der Waals surface area contributed by atoms with Gasteiger partial charge in [-0.3, -0.25) is 9.69 Å². The Morgan fingerprint density at radius 1 is 1.00 bits per heavy atom. The van der Waals surface area contributed by atoms with Gasteiger partial charge in [-0.05, 0) is 42.8 Å². The molecule has 2 saturated heterocycles. The molecule has 0 N–H and O–H groups in total. The Morgan fingerprint density at radius 2 is 1.73 bits per heavy atom. The molecule has 3 aromatic rings. The van der Waals surface area contributed by atoms with Crippen LogP contribution in [0.3, 0.4) is 0 Å². The number of carbonyl (C=O) groups excluding carboxylic acids is 2. The summed E-state index contributed by atoms with van der Waals surface area (Å²) in [5, 5.41) is 0. The molecule has 0 radical (unpaired) electrons. The van der Waals surface area contributed by atoms with Crippen LogP contribution >= 0.6 is 24.0 Å². The summed E-state index contributed by atoms with van der Waals surface area (Å²) in [6, 6.07) is 20.6. The number of esters is 1. The fourth-order valence-electron chi connectivity index (χ4n) is 4.75. The Labute approximate surface area is 244 Å². The molecule has 3 heterocycles. The highest BCUT2D eigenvalue weighted by molar-refractivity contribution is 8.26. The maximum absolute atomic E-state index is 13.0. The summed E-state index contributed by atoms with van der Waals surface area (Å²) in [7, 11) is 0. The topological polar surface area (TPSA) is 66.2 Å². The zero-order valence-corrected chi connectivity index (χ0v) is 24.2. The number of carbonyl (C=O) groups is 2. The lowest BCUT2D eigenvalue weighted by Crippen LogP contribution is -2.46. The zero-order valence-electron chi connectivity index (χ0n) is 22.6. The Morgan fingerprint density at radius 3 is 2.45 bits per heavy atom. The summed E-state index contributed by atoms with van der Waals surface area (Å²) in [6.07, 6.45) is 2.55. The number of furan rings is 1. The van der Waals surface area contributed by atoms with Crippen LogP contribution in [0.25, 0.3) is 17.4 Å². The first-order valence-corrected chi connectivity index (χ1v) is 14.8. The molecular weight excluding hydrogens is 542 g/mol. The van der Waals surface area contributed by atoms with E-state index in [-0.39, 0.29) is 11.9 Å². The second-order valence-corrected chi connectivity index (χ2v) is 11.5. The molecule has 2 aliphatic heterocycles. The maximum atomic E-state index is 13.0. The van der Waals surface area contributed by atoms with Crippen molar-refractivity contribution >= 4 is 46.3 Å². The number of likely N-dealkylation sites (N-methyl/N-ethyl adjacent to an activating group) is 1. The first-order valence-electron chi connectivity index (χ1n) is 13.6. The van der Waals surface area contributed by atoms with Gasteiger partial charge in [0.25, 0.3) is 5.91 Å². The van der Waals surface area contributed by atoms with E-state index < -0.39 is 0 Å². The molecule has 7 nitrogen and oxygen atoms in total. The van der Waals surface area contributed by atoms with Gasteiger partial charge < -0.3 is 19.0 Å². The van der Waals surface area contributed by atoms with Crippen LogP contribution in [-0.2, 0) is 16.1 Å². The number of thioether (sulfide) groups is 1. The fourth-order valence-corrected chi connectivity index (χ4v) is 5.99. The first kappa shape index (κ1) is 28.3. The quantitative estimate of drug-likeness (QED) is 0.135. The van der Waals surface area contributed by atoms with E-state index in [4.69, 9.17) is 21.4 Å². The lowest BCUT2D eigenvalue weighted by atomic mass is 10.1. The van der Waals surface area contributed by atoms with Crippen LogP contribution in [0.15, 0.2) is 76.1 Å². The number of nitrogens with zero attached hydrogens (tertiary/aromatic N) is 3. The summed E-state index contributed by atoms with van der Waals surface area (Å²) >= 11 is 6.73. The van der Waals surface area contributed by atoms with E-state index in [0.717, 1.165) is 56.8 Å². The number of ether oxygens (including phenoxy) is 1. The van der Waals surface area contributed by atoms with Crippen molar-refractivity contribution in [1.82, 2.24) is 14.7 Å². The van der Waals surface area contributed by atoms with Gasteiger partial charge in [0.1, 0.15) is 15.8 Å². The highest BCUT2D eigenvalue weighted by atomic mass is 32.2. The molecule has 2 aromatic carbocycles. The second kappa shape index (κ2) is 13.4. The SMILES string of the molecule is CCN1CCN(CCCOC(=O)c2ccc(-c3ccc(/C=C4/SC(=S)N(Cc5ccccc5)C4=O)o3)cc2)CC1. The van der Waals surface area contributed by atoms with Crippen LogP contribution < -0.4 is 0 Å². The van der Waals surface area contributed by atoms with Crippen LogP contribution in [-0.4, -0.2) is 76.8 Å². The minimum absolute atomic E-state index is 0.126. The third-order valence-electron chi connectivity index (χ3n) is 7.13. The lowest BCUT2D eigenvalue weighted by Gasteiger charge is -2.33. The van der Waals surface area contributed by atoms with Crippen molar-refractivity contribution < 1.29 is 18.7 Å². The second-order valence-electron chi connectivity index (χ2n) is 9.80. The molecule has 5 rings (SSSR count). The number of benzene rings is 2. The molecule has 0 unspecified atom stereocenters. The van der Waals surface area contributed by atoms with Crippen LogP contribution in [0.2, 0.25) is 0 Å². The van der Waals surface area contributed by atoms with Crippen molar-refractivity contribution in [3.63, 3.8) is 0 Å². The molecule has 40 heavy (non-hydrogen) atoms. The Bertz CT molecular complexity index is 1360. The number of hydrogen-bond acceptors (Lipinski definition) is 8. The van der Waals surface area contributed by atoms with Crippen molar-refractivity contribution in [3.8, 4) is 11.3 Å². The number of amides is 1. The van der Waals surface area contributed by atoms with Crippen molar-refractivity contribution in [2.24, 2.45) is 0 Å². The summed E-state index contributed by atoms with van der Waals surface area (Å²) in [5.74, 6) is 0.766. The molecule has 2 fully saturated rings. The van der Waals surface area contributed by atoms with Crippen molar-refractivity contribution in [3.05, 3.63) is 88.5 Å². The van der Waals surface area contributed by atoms with Gasteiger partial charge in [-0.2, -0.15) is 0 Å². The van der Waals surface area contributed by atoms with E-state index in [1.54, 1.807) is 23.1 Å². The molecule has 1 aromatic heterocycles. The third-order valence-corrected chi connectivity index (χ3v) is 8.50. The normalized spacial score (nSPS) is 17.6. The minimum Gasteiger partial charge on any atom is -0.462 e. The molecule has 0 atom stereocenters. The molecule has 9 heteroatoms. The predicted molar refractivity (Wildman–Crippen MR) is 163 cm³/mol. The van der Waals surface area contributed by atoms with E-state index in [1.807, 2.05) is 54.6 Å². The molecule has 0 bridgehead atoms. The van der Waals surface area contributed by atoms with E-state index in [2.05, 4.69) is 16.7 Å². The number of thiocarbonyl (C=S) groups is 1. The standard InChI is InChI=1S/C31H33N3O4S2/c1-2-32-16-18-33(19-17-32)15-6-20-37-30(36)25-11-9-24(10-12-25)27-14-13-26(38-27)21-28-29(35)34(31(39)40-28)22-23-7-4-3-5-8-23/h3-5,7-14,21H,2,6,15-20,22H2,1H3/b28-21+. The van der Waals surface area contributed by atoms with E-state index in [9.17, 15) is 9.59 Å². The molecule has 0 saturated carbocycles. The van der Waals surface area contributed by atoms with Crippen molar-refractivity contribution in [1.29, 1.82) is 0 Å². The minimum atomic E-state index is -0.319.